The van der Waals surface area contributed by atoms with Gasteiger partial charge in [-0.15, -0.1) is 0 Å². The summed E-state index contributed by atoms with van der Waals surface area (Å²) in [5.41, 5.74) is 1.27. The Hall–Kier alpha value is -2.52. The third-order valence-corrected chi connectivity index (χ3v) is 6.78. The SMILES string of the molecule is C[C@H](/C=C/CCO)[C@@]1(O)C(=O)N(Cc2ccc(N3CCNCC3=O)cc2)c2ccc(Br)cc21. The highest BCUT2D eigenvalue weighted by Gasteiger charge is 2.52. The molecule has 8 heteroatoms. The molecule has 2 amide bonds. The number of carbonyl (C=O) groups excluding carboxylic acids is 2. The van der Waals surface area contributed by atoms with Gasteiger partial charge in [-0.3, -0.25) is 9.59 Å². The second kappa shape index (κ2) is 9.77. The van der Waals surface area contributed by atoms with Crippen LogP contribution >= 0.6 is 15.9 Å². The molecule has 0 bridgehead atoms. The summed E-state index contributed by atoms with van der Waals surface area (Å²) in [6.45, 7) is 3.84. The summed E-state index contributed by atoms with van der Waals surface area (Å²) in [4.78, 5) is 29.1. The third-order valence-electron chi connectivity index (χ3n) is 6.29. The first-order valence-electron chi connectivity index (χ1n) is 11.1. The van der Waals surface area contributed by atoms with Crippen LogP contribution < -0.4 is 15.1 Å². The maximum atomic E-state index is 13.5. The Bertz CT molecular complexity index is 1070. The smallest absolute Gasteiger partial charge is 0.264 e. The molecular formula is C25H28BrN3O4. The number of hydrogen-bond donors (Lipinski definition) is 3. The Kier molecular flexibility index (Phi) is 6.99. The quantitative estimate of drug-likeness (QED) is 0.495. The Morgan fingerprint density at radius 2 is 1.97 bits per heavy atom. The Morgan fingerprint density at radius 3 is 2.67 bits per heavy atom. The molecule has 0 aromatic heterocycles. The molecule has 7 nitrogen and oxygen atoms in total. The molecule has 174 valence electrons. The molecule has 0 unspecified atom stereocenters. The van der Waals surface area contributed by atoms with Crippen LogP contribution in [0.25, 0.3) is 0 Å². The average Bonchev–Trinajstić information content (AvgIpc) is 3.02. The van der Waals surface area contributed by atoms with E-state index in [1.807, 2.05) is 36.4 Å². The van der Waals surface area contributed by atoms with Gasteiger partial charge >= 0.3 is 0 Å². The second-order valence-corrected chi connectivity index (χ2v) is 9.35. The summed E-state index contributed by atoms with van der Waals surface area (Å²) in [6.07, 6.45) is 4.03. The lowest BCUT2D eigenvalue weighted by Crippen LogP contribution is -2.48. The molecule has 3 N–H and O–H groups in total. The minimum Gasteiger partial charge on any atom is -0.396 e. The van der Waals surface area contributed by atoms with Crippen LogP contribution in [0.3, 0.4) is 0 Å². The molecule has 0 spiro atoms. The number of carbonyl (C=O) groups is 2. The number of fused-ring (bicyclic) bond motifs is 1. The minimum absolute atomic E-state index is 0.0133. The number of rotatable bonds is 7. The number of anilines is 2. The van der Waals surface area contributed by atoms with Gasteiger partial charge in [-0.05, 0) is 42.3 Å². The van der Waals surface area contributed by atoms with Crippen molar-refractivity contribution in [2.75, 3.05) is 36.0 Å². The van der Waals surface area contributed by atoms with Crippen LogP contribution in [0.5, 0.6) is 0 Å². The first-order valence-corrected chi connectivity index (χ1v) is 11.9. The van der Waals surface area contributed by atoms with Crippen molar-refractivity contribution in [2.45, 2.75) is 25.5 Å². The van der Waals surface area contributed by atoms with E-state index in [1.165, 1.54) is 0 Å². The molecule has 0 saturated carbocycles. The standard InChI is InChI=1S/C25H28BrN3O4/c1-17(4-2-3-13-30)25(33)21-14-19(26)7-10-22(21)29(24(25)32)16-18-5-8-20(9-6-18)28-12-11-27-15-23(28)31/h2,4-10,14,17,27,30,33H,3,11-13,15-16H2,1H3/b4-2+/t17-,25+/m1/s1. The zero-order valence-corrected chi connectivity index (χ0v) is 20.1. The lowest BCUT2D eigenvalue weighted by Gasteiger charge is -2.28. The largest absolute Gasteiger partial charge is 0.396 e. The molecule has 2 aliphatic heterocycles. The number of nitrogens with zero attached hydrogens (tertiary/aromatic N) is 2. The van der Waals surface area contributed by atoms with Crippen molar-refractivity contribution in [3.05, 3.63) is 70.2 Å². The highest BCUT2D eigenvalue weighted by molar-refractivity contribution is 9.10. The summed E-state index contributed by atoms with van der Waals surface area (Å²) in [5.74, 6) is -0.815. The van der Waals surface area contributed by atoms with Crippen LogP contribution in [0.15, 0.2) is 59.1 Å². The highest BCUT2D eigenvalue weighted by Crippen LogP contribution is 2.46. The van der Waals surface area contributed by atoms with E-state index in [-0.39, 0.29) is 18.4 Å². The van der Waals surface area contributed by atoms with Crippen molar-refractivity contribution in [2.24, 2.45) is 5.92 Å². The van der Waals surface area contributed by atoms with Gasteiger partial charge < -0.3 is 25.3 Å². The topological polar surface area (TPSA) is 93.1 Å². The van der Waals surface area contributed by atoms with Crippen LogP contribution in [-0.2, 0) is 21.7 Å². The number of piperazine rings is 1. The molecule has 1 saturated heterocycles. The summed E-state index contributed by atoms with van der Waals surface area (Å²) in [6, 6.07) is 13.1. The van der Waals surface area contributed by atoms with E-state index in [1.54, 1.807) is 34.9 Å². The molecule has 0 aliphatic carbocycles. The number of amides is 2. The van der Waals surface area contributed by atoms with Crippen molar-refractivity contribution in [3.8, 4) is 0 Å². The molecule has 2 heterocycles. The zero-order chi connectivity index (χ0) is 23.6. The molecule has 33 heavy (non-hydrogen) atoms. The maximum Gasteiger partial charge on any atom is 0.264 e. The number of hydrogen-bond acceptors (Lipinski definition) is 5. The van der Waals surface area contributed by atoms with Crippen LogP contribution in [-0.4, -0.2) is 48.3 Å². The van der Waals surface area contributed by atoms with Crippen LogP contribution in [0.4, 0.5) is 11.4 Å². The summed E-state index contributed by atoms with van der Waals surface area (Å²) < 4.78 is 0.783. The Morgan fingerprint density at radius 1 is 1.21 bits per heavy atom. The molecule has 4 rings (SSSR count). The van der Waals surface area contributed by atoms with Crippen molar-refractivity contribution in [1.29, 1.82) is 0 Å². The first kappa shape index (κ1) is 23.6. The zero-order valence-electron chi connectivity index (χ0n) is 18.5. The van der Waals surface area contributed by atoms with Gasteiger partial charge in [0.05, 0.1) is 18.8 Å². The van der Waals surface area contributed by atoms with E-state index in [0.717, 1.165) is 22.3 Å². The fourth-order valence-electron chi connectivity index (χ4n) is 4.43. The first-order chi connectivity index (χ1) is 15.9. The number of nitrogens with one attached hydrogen (secondary N) is 1. The van der Waals surface area contributed by atoms with Crippen molar-refractivity contribution >= 4 is 39.1 Å². The summed E-state index contributed by atoms with van der Waals surface area (Å²) in [7, 11) is 0. The monoisotopic (exact) mass is 513 g/mol. The molecular weight excluding hydrogens is 486 g/mol. The molecule has 2 aromatic rings. The van der Waals surface area contributed by atoms with Crippen LogP contribution in [0.2, 0.25) is 0 Å². The Labute approximate surface area is 201 Å². The second-order valence-electron chi connectivity index (χ2n) is 8.44. The fourth-order valence-corrected chi connectivity index (χ4v) is 4.79. The van der Waals surface area contributed by atoms with Gasteiger partial charge in [-0.25, -0.2) is 0 Å². The van der Waals surface area contributed by atoms with Crippen molar-refractivity contribution in [3.63, 3.8) is 0 Å². The molecule has 0 radical (unpaired) electrons. The Balaban J connectivity index is 1.61. The van der Waals surface area contributed by atoms with Gasteiger partial charge in [0, 0.05) is 41.3 Å². The number of benzene rings is 2. The van der Waals surface area contributed by atoms with Gasteiger partial charge in [0.15, 0.2) is 5.60 Å². The van der Waals surface area contributed by atoms with E-state index < -0.39 is 11.5 Å². The van der Waals surface area contributed by atoms with E-state index in [4.69, 9.17) is 5.11 Å². The normalized spacial score (nSPS) is 21.7. The van der Waals surface area contributed by atoms with E-state index in [0.29, 0.717) is 37.3 Å². The lowest BCUT2D eigenvalue weighted by atomic mass is 9.83. The van der Waals surface area contributed by atoms with E-state index in [9.17, 15) is 14.7 Å². The van der Waals surface area contributed by atoms with Gasteiger partial charge in [0.2, 0.25) is 5.91 Å². The predicted octanol–water partition coefficient (Wildman–Crippen LogP) is 2.69. The average molecular weight is 514 g/mol. The number of aliphatic hydroxyl groups excluding tert-OH is 1. The highest BCUT2D eigenvalue weighted by atomic mass is 79.9. The molecule has 2 atom stereocenters. The molecule has 1 fully saturated rings. The fraction of sp³-hybridized carbons (Fsp3) is 0.360. The molecule has 2 aliphatic rings. The number of aliphatic hydroxyl groups is 2. The minimum atomic E-state index is -1.70. The maximum absolute atomic E-state index is 13.5. The molecule has 2 aromatic carbocycles. The van der Waals surface area contributed by atoms with Gasteiger partial charge in [0.25, 0.3) is 5.91 Å². The van der Waals surface area contributed by atoms with Crippen molar-refractivity contribution in [1.82, 2.24) is 5.32 Å². The lowest BCUT2D eigenvalue weighted by molar-refractivity contribution is -0.139. The van der Waals surface area contributed by atoms with E-state index in [2.05, 4.69) is 21.2 Å². The number of halogens is 1. The summed E-state index contributed by atoms with van der Waals surface area (Å²) >= 11 is 3.46. The van der Waals surface area contributed by atoms with Gasteiger partial charge in [0.1, 0.15) is 0 Å². The van der Waals surface area contributed by atoms with Gasteiger partial charge in [-0.2, -0.15) is 0 Å². The third kappa shape index (κ3) is 4.48. The van der Waals surface area contributed by atoms with E-state index >= 15 is 0 Å². The van der Waals surface area contributed by atoms with Crippen LogP contribution in [0.1, 0.15) is 24.5 Å². The summed E-state index contributed by atoms with van der Waals surface area (Å²) in [5, 5.41) is 23.7. The van der Waals surface area contributed by atoms with Crippen LogP contribution in [0, 0.1) is 5.92 Å². The van der Waals surface area contributed by atoms with Crippen molar-refractivity contribution < 1.29 is 19.8 Å². The van der Waals surface area contributed by atoms with Gasteiger partial charge in [-0.1, -0.05) is 47.1 Å². The predicted molar refractivity (Wildman–Crippen MR) is 131 cm³/mol.